The van der Waals surface area contributed by atoms with Gasteiger partial charge < -0.3 is 10.1 Å². The molecule has 1 N–H and O–H groups in total. The number of carbonyl (C=O) groups excluding carboxylic acids is 1. The molecule has 1 aliphatic rings. The maximum absolute atomic E-state index is 11.8. The van der Waals surface area contributed by atoms with Crippen molar-refractivity contribution in [2.45, 2.75) is 37.4 Å². The fourth-order valence-electron chi connectivity index (χ4n) is 1.94. The monoisotopic (exact) mass is 317 g/mol. The highest BCUT2D eigenvalue weighted by Gasteiger charge is 2.34. The molecule has 1 aliphatic carbocycles. The predicted molar refractivity (Wildman–Crippen MR) is 60.0 cm³/mol. The molecule has 0 saturated heterocycles. The molecule has 1 saturated carbocycles. The van der Waals surface area contributed by atoms with E-state index in [-0.39, 0.29) is 5.54 Å². The van der Waals surface area contributed by atoms with Crippen molar-refractivity contribution < 1.29 is 22.7 Å². The molecule has 17 heavy (non-hydrogen) atoms. The van der Waals surface area contributed by atoms with Crippen molar-refractivity contribution in [3.8, 4) is 0 Å². The largest absolute Gasteiger partial charge is 0.411 e. The number of halogens is 4. The van der Waals surface area contributed by atoms with E-state index < -0.39 is 25.3 Å². The Labute approximate surface area is 106 Å². The van der Waals surface area contributed by atoms with Gasteiger partial charge in [0.25, 0.3) is 0 Å². The highest BCUT2D eigenvalue weighted by molar-refractivity contribution is 9.09. The van der Waals surface area contributed by atoms with Crippen LogP contribution in [0.3, 0.4) is 0 Å². The lowest BCUT2D eigenvalue weighted by atomic mass is 10.0. The molecule has 0 radical (unpaired) electrons. The Morgan fingerprint density at radius 1 is 1.35 bits per heavy atom. The third-order valence-corrected chi connectivity index (χ3v) is 3.79. The fourth-order valence-corrected chi connectivity index (χ4v) is 2.64. The maximum atomic E-state index is 11.8. The van der Waals surface area contributed by atoms with E-state index >= 15 is 0 Å². The van der Waals surface area contributed by atoms with Crippen LogP contribution < -0.4 is 5.32 Å². The number of ether oxygens (including phenoxy) is 1. The second kappa shape index (κ2) is 6.04. The standard InChI is InChI=1S/C10H15BrF3NO2/c11-6-9(3-1-2-4-9)15-8(16)5-17-7-10(12,13)14/h1-7H2,(H,15,16). The van der Waals surface area contributed by atoms with Crippen molar-refractivity contribution in [2.24, 2.45) is 0 Å². The van der Waals surface area contributed by atoms with Crippen molar-refractivity contribution in [1.82, 2.24) is 5.32 Å². The number of hydrogen-bond donors (Lipinski definition) is 1. The summed E-state index contributed by atoms with van der Waals surface area (Å²) in [6.45, 7) is -1.93. The van der Waals surface area contributed by atoms with Gasteiger partial charge in [0.1, 0.15) is 13.2 Å². The summed E-state index contributed by atoms with van der Waals surface area (Å²) in [5, 5.41) is 3.37. The van der Waals surface area contributed by atoms with Crippen LogP contribution >= 0.6 is 15.9 Å². The van der Waals surface area contributed by atoms with E-state index in [1.54, 1.807) is 0 Å². The Balaban J connectivity index is 2.29. The summed E-state index contributed by atoms with van der Waals surface area (Å²) in [6, 6.07) is 0. The van der Waals surface area contributed by atoms with Crippen molar-refractivity contribution in [2.75, 3.05) is 18.5 Å². The van der Waals surface area contributed by atoms with Crippen molar-refractivity contribution in [3.05, 3.63) is 0 Å². The fraction of sp³-hybridized carbons (Fsp3) is 0.900. The molecular formula is C10H15BrF3NO2. The number of amides is 1. The van der Waals surface area contributed by atoms with Crippen LogP contribution in [-0.4, -0.2) is 36.2 Å². The minimum atomic E-state index is -4.39. The zero-order valence-corrected chi connectivity index (χ0v) is 10.9. The Kier molecular flexibility index (Phi) is 5.24. The van der Waals surface area contributed by atoms with E-state index in [1.807, 2.05) is 0 Å². The van der Waals surface area contributed by atoms with Gasteiger partial charge in [-0.05, 0) is 12.8 Å². The third-order valence-electron chi connectivity index (χ3n) is 2.72. The number of carbonyl (C=O) groups is 1. The van der Waals surface area contributed by atoms with Crippen LogP contribution in [0.1, 0.15) is 25.7 Å². The molecule has 0 aromatic rings. The van der Waals surface area contributed by atoms with Gasteiger partial charge in [-0.25, -0.2) is 0 Å². The van der Waals surface area contributed by atoms with E-state index in [1.165, 1.54) is 0 Å². The third kappa shape index (κ3) is 5.25. The summed E-state index contributed by atoms with van der Waals surface area (Å²) < 4.78 is 39.7. The van der Waals surface area contributed by atoms with Gasteiger partial charge in [0, 0.05) is 10.9 Å². The van der Waals surface area contributed by atoms with Gasteiger partial charge in [-0.3, -0.25) is 4.79 Å². The van der Waals surface area contributed by atoms with Crippen molar-refractivity contribution in [1.29, 1.82) is 0 Å². The quantitative estimate of drug-likeness (QED) is 0.791. The molecule has 0 atom stereocenters. The zero-order chi connectivity index (χ0) is 12.9. The van der Waals surface area contributed by atoms with Crippen LogP contribution in [0.25, 0.3) is 0 Å². The summed E-state index contributed by atoms with van der Waals surface area (Å²) in [5.74, 6) is -0.490. The molecule has 0 aliphatic heterocycles. The predicted octanol–water partition coefficient (Wildman–Crippen LogP) is 2.39. The van der Waals surface area contributed by atoms with E-state index in [0.29, 0.717) is 5.33 Å². The summed E-state index contributed by atoms with van der Waals surface area (Å²) in [7, 11) is 0. The summed E-state index contributed by atoms with van der Waals surface area (Å²) in [4.78, 5) is 11.4. The minimum absolute atomic E-state index is 0.307. The Bertz CT molecular complexity index is 265. The van der Waals surface area contributed by atoms with E-state index in [2.05, 4.69) is 26.0 Å². The molecular weight excluding hydrogens is 303 g/mol. The van der Waals surface area contributed by atoms with Crippen LogP contribution in [0.5, 0.6) is 0 Å². The number of alkyl halides is 4. The summed E-state index contributed by atoms with van der Waals surface area (Å²) in [5.41, 5.74) is -0.307. The highest BCUT2D eigenvalue weighted by Crippen LogP contribution is 2.31. The van der Waals surface area contributed by atoms with Gasteiger partial charge in [-0.1, -0.05) is 28.8 Å². The lowest BCUT2D eigenvalue weighted by molar-refractivity contribution is -0.175. The van der Waals surface area contributed by atoms with Crippen LogP contribution in [0.2, 0.25) is 0 Å². The molecule has 0 spiro atoms. The lowest BCUT2D eigenvalue weighted by Gasteiger charge is -2.28. The van der Waals surface area contributed by atoms with Crippen molar-refractivity contribution >= 4 is 21.8 Å². The Morgan fingerprint density at radius 3 is 2.41 bits per heavy atom. The zero-order valence-electron chi connectivity index (χ0n) is 9.28. The first-order chi connectivity index (χ1) is 7.87. The smallest absolute Gasteiger partial charge is 0.362 e. The van der Waals surface area contributed by atoms with Crippen LogP contribution in [0.15, 0.2) is 0 Å². The molecule has 1 amide bonds. The Hall–Kier alpha value is -0.300. The average molecular weight is 318 g/mol. The van der Waals surface area contributed by atoms with Gasteiger partial charge in [0.15, 0.2) is 0 Å². The van der Waals surface area contributed by atoms with Crippen LogP contribution in [0, 0.1) is 0 Å². The topological polar surface area (TPSA) is 38.3 Å². The Morgan fingerprint density at radius 2 is 1.94 bits per heavy atom. The van der Waals surface area contributed by atoms with Gasteiger partial charge in [-0.15, -0.1) is 0 Å². The molecule has 0 aromatic heterocycles. The van der Waals surface area contributed by atoms with Crippen LogP contribution in [0.4, 0.5) is 13.2 Å². The highest BCUT2D eigenvalue weighted by atomic mass is 79.9. The van der Waals surface area contributed by atoms with Crippen molar-refractivity contribution in [3.63, 3.8) is 0 Å². The van der Waals surface area contributed by atoms with Gasteiger partial charge in [-0.2, -0.15) is 13.2 Å². The number of rotatable bonds is 5. The average Bonchev–Trinajstić information content (AvgIpc) is 2.65. The van der Waals surface area contributed by atoms with Gasteiger partial charge >= 0.3 is 6.18 Å². The molecule has 0 bridgehead atoms. The first-order valence-electron chi connectivity index (χ1n) is 5.38. The summed E-state index contributed by atoms with van der Waals surface area (Å²) in [6.07, 6.45) is -0.641. The lowest BCUT2D eigenvalue weighted by Crippen LogP contribution is -2.49. The molecule has 0 heterocycles. The molecule has 0 unspecified atom stereocenters. The second-order valence-electron chi connectivity index (χ2n) is 4.28. The maximum Gasteiger partial charge on any atom is 0.411 e. The molecule has 1 rings (SSSR count). The molecule has 100 valence electrons. The first kappa shape index (κ1) is 14.8. The molecule has 1 fully saturated rings. The van der Waals surface area contributed by atoms with Crippen LogP contribution in [-0.2, 0) is 9.53 Å². The van der Waals surface area contributed by atoms with Gasteiger partial charge in [0.2, 0.25) is 5.91 Å². The van der Waals surface area contributed by atoms with Gasteiger partial charge in [0.05, 0.1) is 0 Å². The summed E-state index contributed by atoms with van der Waals surface area (Å²) >= 11 is 3.33. The molecule has 0 aromatic carbocycles. The number of nitrogens with one attached hydrogen (secondary N) is 1. The molecule has 3 nitrogen and oxygen atoms in total. The second-order valence-corrected chi connectivity index (χ2v) is 4.84. The van der Waals surface area contributed by atoms with E-state index in [9.17, 15) is 18.0 Å². The normalized spacial score (nSPS) is 19.3. The van der Waals surface area contributed by atoms with E-state index in [0.717, 1.165) is 25.7 Å². The molecule has 7 heteroatoms. The SMILES string of the molecule is O=C(COCC(F)(F)F)NC1(CBr)CCCC1. The van der Waals surface area contributed by atoms with E-state index in [4.69, 9.17) is 0 Å². The number of hydrogen-bond acceptors (Lipinski definition) is 2. The minimum Gasteiger partial charge on any atom is -0.362 e. The first-order valence-corrected chi connectivity index (χ1v) is 6.50.